The van der Waals surface area contributed by atoms with Gasteiger partial charge in [0.15, 0.2) is 0 Å². The number of hydrogen-bond donors (Lipinski definition) is 0. The van der Waals surface area contributed by atoms with Crippen molar-refractivity contribution in [1.82, 2.24) is 14.2 Å². The van der Waals surface area contributed by atoms with Gasteiger partial charge in [-0.2, -0.15) is 4.31 Å². The number of aromatic nitrogens is 1. The van der Waals surface area contributed by atoms with Gasteiger partial charge in [-0.1, -0.05) is 30.3 Å². The molecule has 0 unspecified atom stereocenters. The molecule has 2 aromatic rings. The minimum Gasteiger partial charge on any atom is -0.462 e. The van der Waals surface area contributed by atoms with E-state index in [2.05, 4.69) is 4.98 Å². The summed E-state index contributed by atoms with van der Waals surface area (Å²) in [7, 11) is -3.57. The second-order valence-corrected chi connectivity index (χ2v) is 8.82. The average molecular weight is 444 g/mol. The van der Waals surface area contributed by atoms with Crippen molar-refractivity contribution in [3.05, 3.63) is 70.4 Å². The lowest BCUT2D eigenvalue weighted by Crippen LogP contribution is -2.50. The number of benzene rings is 1. The van der Waals surface area contributed by atoms with Crippen LogP contribution in [-0.2, 0) is 14.8 Å². The molecule has 0 bridgehead atoms. The number of hydrogen-bond acceptors (Lipinski definition) is 6. The number of piperazine rings is 1. The van der Waals surface area contributed by atoms with Crippen LogP contribution in [0.4, 0.5) is 0 Å². The topological polar surface area (TPSA) is 96.9 Å². The van der Waals surface area contributed by atoms with Gasteiger partial charge in [0.1, 0.15) is 5.69 Å². The number of sulfonamides is 1. The van der Waals surface area contributed by atoms with Crippen LogP contribution < -0.4 is 0 Å². The molecule has 1 saturated heterocycles. The normalized spacial score (nSPS) is 15.2. The Morgan fingerprint density at radius 1 is 1.06 bits per heavy atom. The van der Waals surface area contributed by atoms with E-state index in [1.54, 1.807) is 24.8 Å². The maximum absolute atomic E-state index is 12.8. The van der Waals surface area contributed by atoms with Gasteiger partial charge in [-0.15, -0.1) is 0 Å². The van der Waals surface area contributed by atoms with Crippen LogP contribution in [0.3, 0.4) is 0 Å². The minimum atomic E-state index is -3.57. The number of pyridine rings is 1. The summed E-state index contributed by atoms with van der Waals surface area (Å²) < 4.78 is 31.5. The lowest BCUT2D eigenvalue weighted by Gasteiger charge is -2.33. The first-order valence-corrected chi connectivity index (χ1v) is 11.5. The summed E-state index contributed by atoms with van der Waals surface area (Å²) >= 11 is 0. The predicted molar refractivity (Wildman–Crippen MR) is 117 cm³/mol. The van der Waals surface area contributed by atoms with E-state index in [4.69, 9.17) is 4.74 Å². The fraction of sp³-hybridized carbons (Fsp3) is 0.318. The van der Waals surface area contributed by atoms with Crippen molar-refractivity contribution in [1.29, 1.82) is 0 Å². The molecule has 1 aliphatic heterocycles. The van der Waals surface area contributed by atoms with Gasteiger partial charge in [0.05, 0.1) is 17.9 Å². The molecule has 0 radical (unpaired) electrons. The molecule has 0 N–H and O–H groups in total. The first-order valence-electron chi connectivity index (χ1n) is 9.99. The highest BCUT2D eigenvalue weighted by atomic mass is 32.2. The van der Waals surface area contributed by atoms with Gasteiger partial charge < -0.3 is 9.64 Å². The predicted octanol–water partition coefficient (Wildman–Crippen LogP) is 2.33. The Bertz CT molecular complexity index is 1080. The Hall–Kier alpha value is -3.04. The van der Waals surface area contributed by atoms with Gasteiger partial charge in [-0.05, 0) is 37.6 Å². The molecule has 0 spiro atoms. The number of esters is 1. The number of carbonyl (C=O) groups is 2. The highest BCUT2D eigenvalue weighted by Gasteiger charge is 2.28. The summed E-state index contributed by atoms with van der Waals surface area (Å²) in [6.45, 7) is 4.55. The zero-order valence-electron chi connectivity index (χ0n) is 17.5. The Kier molecular flexibility index (Phi) is 7.19. The van der Waals surface area contributed by atoms with Gasteiger partial charge in [-0.25, -0.2) is 18.2 Å². The van der Waals surface area contributed by atoms with E-state index in [-0.39, 0.29) is 44.4 Å². The van der Waals surface area contributed by atoms with E-state index >= 15 is 0 Å². The van der Waals surface area contributed by atoms with Crippen LogP contribution in [0, 0.1) is 6.92 Å². The summed E-state index contributed by atoms with van der Waals surface area (Å²) in [4.78, 5) is 30.5. The number of carbonyl (C=O) groups excluding carboxylic acids is 2. The molecule has 1 amide bonds. The molecule has 8 nitrogen and oxygen atoms in total. The van der Waals surface area contributed by atoms with Crippen molar-refractivity contribution in [3.63, 3.8) is 0 Å². The van der Waals surface area contributed by atoms with Crippen molar-refractivity contribution in [2.45, 2.75) is 13.8 Å². The van der Waals surface area contributed by atoms with Crippen LogP contribution in [0.15, 0.2) is 47.9 Å². The first-order chi connectivity index (χ1) is 14.8. The van der Waals surface area contributed by atoms with Crippen LogP contribution in [0.25, 0.3) is 6.08 Å². The SMILES string of the molecule is CCOC(=O)c1ccc(C(=O)N2CCN(S(=O)(=O)/C=C/c3ccccc3)CC2)nc1C. The minimum absolute atomic E-state index is 0.201. The highest BCUT2D eigenvalue weighted by Crippen LogP contribution is 2.15. The second kappa shape index (κ2) is 9.84. The maximum Gasteiger partial charge on any atom is 0.339 e. The molecule has 9 heteroatoms. The summed E-state index contributed by atoms with van der Waals surface area (Å²) in [5, 5.41) is 1.19. The molecule has 2 heterocycles. The molecule has 0 aliphatic carbocycles. The van der Waals surface area contributed by atoms with Gasteiger partial charge in [-0.3, -0.25) is 4.79 Å². The van der Waals surface area contributed by atoms with Gasteiger partial charge in [0.2, 0.25) is 10.0 Å². The summed E-state index contributed by atoms with van der Waals surface area (Å²) in [5.74, 6) is -0.774. The van der Waals surface area contributed by atoms with Gasteiger partial charge >= 0.3 is 5.97 Å². The molecule has 1 fully saturated rings. The van der Waals surface area contributed by atoms with E-state index in [1.165, 1.54) is 21.8 Å². The summed E-state index contributed by atoms with van der Waals surface area (Å²) in [6.07, 6.45) is 1.56. The monoisotopic (exact) mass is 443 g/mol. The van der Waals surface area contributed by atoms with E-state index in [0.717, 1.165) is 5.56 Å². The van der Waals surface area contributed by atoms with Crippen molar-refractivity contribution < 1.29 is 22.7 Å². The number of rotatable bonds is 6. The summed E-state index contributed by atoms with van der Waals surface area (Å²) in [6, 6.07) is 12.2. The summed E-state index contributed by atoms with van der Waals surface area (Å²) in [5.41, 5.74) is 1.74. The van der Waals surface area contributed by atoms with E-state index in [9.17, 15) is 18.0 Å². The van der Waals surface area contributed by atoms with Crippen LogP contribution in [0.2, 0.25) is 0 Å². The molecule has 1 aliphatic rings. The van der Waals surface area contributed by atoms with Crippen molar-refractivity contribution in [2.75, 3.05) is 32.8 Å². The molecular weight excluding hydrogens is 418 g/mol. The fourth-order valence-electron chi connectivity index (χ4n) is 3.23. The molecule has 0 saturated carbocycles. The van der Waals surface area contributed by atoms with E-state index < -0.39 is 16.0 Å². The van der Waals surface area contributed by atoms with Gasteiger partial charge in [0.25, 0.3) is 5.91 Å². The smallest absolute Gasteiger partial charge is 0.339 e. The van der Waals surface area contributed by atoms with Crippen LogP contribution >= 0.6 is 0 Å². The molecule has 1 aromatic heterocycles. The number of nitrogens with zero attached hydrogens (tertiary/aromatic N) is 3. The number of ether oxygens (including phenoxy) is 1. The second-order valence-electron chi connectivity index (χ2n) is 7.00. The molecule has 31 heavy (non-hydrogen) atoms. The third-order valence-electron chi connectivity index (χ3n) is 4.92. The molecule has 164 valence electrons. The number of aryl methyl sites for hydroxylation is 1. The molecular formula is C22H25N3O5S. The average Bonchev–Trinajstić information content (AvgIpc) is 2.78. The molecule has 1 aromatic carbocycles. The Labute approximate surface area is 182 Å². The Morgan fingerprint density at radius 2 is 1.74 bits per heavy atom. The Balaban J connectivity index is 1.62. The zero-order valence-corrected chi connectivity index (χ0v) is 18.3. The zero-order chi connectivity index (χ0) is 22.4. The van der Waals surface area contributed by atoms with Crippen molar-refractivity contribution >= 4 is 28.0 Å². The van der Waals surface area contributed by atoms with Crippen molar-refractivity contribution in [2.24, 2.45) is 0 Å². The molecule has 0 atom stereocenters. The fourth-order valence-corrected chi connectivity index (χ4v) is 4.40. The third-order valence-corrected chi connectivity index (χ3v) is 6.48. The quantitative estimate of drug-likeness (QED) is 0.636. The maximum atomic E-state index is 12.8. The standard InChI is InChI=1S/C22H25N3O5S/c1-3-30-22(27)19-9-10-20(23-17(19)2)21(26)24-12-14-25(15-13-24)31(28,29)16-11-18-7-5-4-6-8-18/h4-11,16H,3,12-15H2,1-2H3/b16-11+. The van der Waals surface area contributed by atoms with Crippen LogP contribution in [0.1, 0.15) is 39.0 Å². The van der Waals surface area contributed by atoms with Gasteiger partial charge in [0, 0.05) is 31.6 Å². The first kappa shape index (κ1) is 22.6. The van der Waals surface area contributed by atoms with E-state index in [1.807, 2.05) is 30.3 Å². The van der Waals surface area contributed by atoms with Crippen molar-refractivity contribution in [3.8, 4) is 0 Å². The van der Waals surface area contributed by atoms with Crippen LogP contribution in [-0.4, -0.2) is 67.3 Å². The Morgan fingerprint density at radius 3 is 2.35 bits per heavy atom. The third kappa shape index (κ3) is 5.56. The van der Waals surface area contributed by atoms with E-state index in [0.29, 0.717) is 11.3 Å². The molecule has 3 rings (SSSR count). The highest BCUT2D eigenvalue weighted by molar-refractivity contribution is 7.92. The number of amides is 1. The van der Waals surface area contributed by atoms with Crippen LogP contribution in [0.5, 0.6) is 0 Å². The lowest BCUT2D eigenvalue weighted by atomic mass is 10.1. The lowest BCUT2D eigenvalue weighted by molar-refractivity contribution is 0.0523. The largest absolute Gasteiger partial charge is 0.462 e.